The molecule has 2 aromatic carbocycles. The molecule has 27 heavy (non-hydrogen) atoms. The van der Waals surface area contributed by atoms with Crippen LogP contribution in [-0.4, -0.2) is 34.9 Å². The number of ether oxygens (including phenoxy) is 2. The predicted octanol–water partition coefficient (Wildman–Crippen LogP) is 3.68. The third-order valence-electron chi connectivity index (χ3n) is 4.21. The first-order chi connectivity index (χ1) is 13.2. The molecule has 1 aliphatic heterocycles. The Bertz CT molecular complexity index is 932. The first-order valence-corrected chi connectivity index (χ1v) is 9.57. The number of methoxy groups -OCH3 is 1. The fourth-order valence-electron chi connectivity index (χ4n) is 2.86. The van der Waals surface area contributed by atoms with E-state index >= 15 is 0 Å². The van der Waals surface area contributed by atoms with Gasteiger partial charge in [0.25, 0.3) is 5.91 Å². The van der Waals surface area contributed by atoms with Crippen molar-refractivity contribution in [3.05, 3.63) is 54.7 Å². The summed E-state index contributed by atoms with van der Waals surface area (Å²) in [6.07, 6.45) is 2.04. The van der Waals surface area contributed by atoms with Gasteiger partial charge in [-0.2, -0.15) is 0 Å². The van der Waals surface area contributed by atoms with Gasteiger partial charge in [0, 0.05) is 24.1 Å². The van der Waals surface area contributed by atoms with E-state index in [1.807, 2.05) is 30.5 Å². The Morgan fingerprint density at radius 2 is 1.96 bits per heavy atom. The van der Waals surface area contributed by atoms with E-state index in [1.54, 1.807) is 43.1 Å². The number of aromatic nitrogens is 2. The van der Waals surface area contributed by atoms with Gasteiger partial charge in [-0.15, -0.1) is 0 Å². The molecule has 3 aromatic rings. The topological polar surface area (TPSA) is 65.4 Å². The summed E-state index contributed by atoms with van der Waals surface area (Å²) in [4.78, 5) is 17.0. The molecule has 1 aliphatic rings. The highest BCUT2D eigenvalue weighted by molar-refractivity contribution is 7.99. The Labute approximate surface area is 161 Å². The number of amides is 1. The largest absolute Gasteiger partial charge is 0.497 e. The maximum absolute atomic E-state index is 12.3. The highest BCUT2D eigenvalue weighted by Gasteiger charge is 2.17. The number of hydrogen-bond acceptors (Lipinski definition) is 5. The van der Waals surface area contributed by atoms with Gasteiger partial charge in [-0.3, -0.25) is 4.79 Å². The second-order valence-electron chi connectivity index (χ2n) is 6.01. The predicted molar refractivity (Wildman–Crippen MR) is 106 cm³/mol. The first-order valence-electron chi connectivity index (χ1n) is 8.59. The number of rotatable bonds is 6. The highest BCUT2D eigenvalue weighted by Crippen LogP contribution is 2.32. The standard InChI is InChI=1S/C20H19N3O3S/c1-25-14-6-8-15(9-7-14)26-13-19(24)21-17-5-3-2-4-16(17)18-12-23-10-11-27-20(23)22-18/h2-9,12H,10-11,13H2,1H3,(H,21,24). The second-order valence-corrected chi connectivity index (χ2v) is 7.07. The zero-order valence-electron chi connectivity index (χ0n) is 14.8. The minimum atomic E-state index is -0.223. The fourth-order valence-corrected chi connectivity index (χ4v) is 3.81. The Hall–Kier alpha value is -2.93. The van der Waals surface area contributed by atoms with Crippen molar-refractivity contribution < 1.29 is 14.3 Å². The summed E-state index contributed by atoms with van der Waals surface area (Å²) < 4.78 is 12.8. The molecule has 7 heteroatoms. The van der Waals surface area contributed by atoms with Gasteiger partial charge in [0.15, 0.2) is 11.8 Å². The molecule has 1 aromatic heterocycles. The minimum absolute atomic E-state index is 0.0732. The third-order valence-corrected chi connectivity index (χ3v) is 5.18. The first kappa shape index (κ1) is 17.5. The van der Waals surface area contributed by atoms with Crippen LogP contribution in [0, 0.1) is 0 Å². The van der Waals surface area contributed by atoms with E-state index in [9.17, 15) is 4.79 Å². The number of imidazole rings is 1. The smallest absolute Gasteiger partial charge is 0.262 e. The lowest BCUT2D eigenvalue weighted by molar-refractivity contribution is -0.118. The van der Waals surface area contributed by atoms with Crippen molar-refractivity contribution in [2.45, 2.75) is 11.7 Å². The lowest BCUT2D eigenvalue weighted by Crippen LogP contribution is -2.20. The van der Waals surface area contributed by atoms with Crippen LogP contribution in [0.4, 0.5) is 5.69 Å². The van der Waals surface area contributed by atoms with Gasteiger partial charge in [-0.05, 0) is 30.3 Å². The Kier molecular flexibility index (Phi) is 5.02. The van der Waals surface area contributed by atoms with Gasteiger partial charge in [0.1, 0.15) is 11.5 Å². The maximum atomic E-state index is 12.3. The lowest BCUT2D eigenvalue weighted by atomic mass is 10.1. The molecule has 138 valence electrons. The van der Waals surface area contributed by atoms with Crippen LogP contribution in [0.5, 0.6) is 11.5 Å². The number of benzene rings is 2. The van der Waals surface area contributed by atoms with Crippen molar-refractivity contribution in [3.8, 4) is 22.8 Å². The number of hydrogen-bond donors (Lipinski definition) is 1. The van der Waals surface area contributed by atoms with Gasteiger partial charge in [0.2, 0.25) is 0 Å². The number of aryl methyl sites for hydroxylation is 1. The maximum Gasteiger partial charge on any atom is 0.262 e. The highest BCUT2D eigenvalue weighted by atomic mass is 32.2. The molecule has 0 atom stereocenters. The molecule has 0 spiro atoms. The van der Waals surface area contributed by atoms with Crippen LogP contribution in [-0.2, 0) is 11.3 Å². The van der Waals surface area contributed by atoms with Gasteiger partial charge >= 0.3 is 0 Å². The van der Waals surface area contributed by atoms with E-state index in [1.165, 1.54) is 0 Å². The summed E-state index contributed by atoms with van der Waals surface area (Å²) in [7, 11) is 1.61. The number of fused-ring (bicyclic) bond motifs is 1. The molecular weight excluding hydrogens is 362 g/mol. The quantitative estimate of drug-likeness (QED) is 0.706. The molecule has 0 saturated carbocycles. The average molecular weight is 381 g/mol. The van der Waals surface area contributed by atoms with Crippen molar-refractivity contribution in [2.75, 3.05) is 24.8 Å². The molecule has 0 fully saturated rings. The SMILES string of the molecule is COc1ccc(OCC(=O)Nc2ccccc2-c2cn3c(n2)SCC3)cc1. The second kappa shape index (κ2) is 7.75. The number of thioether (sulfide) groups is 1. The van der Waals surface area contributed by atoms with E-state index in [0.717, 1.165) is 40.1 Å². The monoisotopic (exact) mass is 381 g/mol. The minimum Gasteiger partial charge on any atom is -0.497 e. The van der Waals surface area contributed by atoms with E-state index in [2.05, 4.69) is 14.9 Å². The lowest BCUT2D eigenvalue weighted by Gasteiger charge is -2.11. The van der Waals surface area contributed by atoms with Crippen LogP contribution in [0.15, 0.2) is 59.9 Å². The molecule has 0 saturated heterocycles. The van der Waals surface area contributed by atoms with Crippen molar-refractivity contribution in [1.82, 2.24) is 9.55 Å². The molecule has 0 bridgehead atoms. The van der Waals surface area contributed by atoms with E-state index in [0.29, 0.717) is 5.75 Å². The summed E-state index contributed by atoms with van der Waals surface area (Å²) in [6, 6.07) is 14.8. The molecular formula is C20H19N3O3S. The van der Waals surface area contributed by atoms with Crippen LogP contribution >= 0.6 is 11.8 Å². The number of carbonyl (C=O) groups excluding carboxylic acids is 1. The summed E-state index contributed by atoms with van der Waals surface area (Å²) >= 11 is 1.75. The van der Waals surface area contributed by atoms with Gasteiger partial charge in [-0.1, -0.05) is 30.0 Å². The molecule has 2 heterocycles. The van der Waals surface area contributed by atoms with E-state index in [4.69, 9.17) is 9.47 Å². The number of nitrogens with zero attached hydrogens (tertiary/aromatic N) is 2. The number of anilines is 1. The van der Waals surface area contributed by atoms with Crippen molar-refractivity contribution in [3.63, 3.8) is 0 Å². The normalized spacial score (nSPS) is 12.5. The van der Waals surface area contributed by atoms with Crippen molar-refractivity contribution in [2.24, 2.45) is 0 Å². The Morgan fingerprint density at radius 1 is 1.19 bits per heavy atom. The summed E-state index contributed by atoms with van der Waals surface area (Å²) in [5, 5.41) is 3.94. The fraction of sp³-hybridized carbons (Fsp3) is 0.200. The number of para-hydroxylation sites is 1. The Balaban J connectivity index is 1.43. The zero-order chi connectivity index (χ0) is 18.6. The van der Waals surface area contributed by atoms with E-state index < -0.39 is 0 Å². The zero-order valence-corrected chi connectivity index (χ0v) is 15.7. The van der Waals surface area contributed by atoms with Crippen LogP contribution < -0.4 is 14.8 Å². The molecule has 1 amide bonds. The van der Waals surface area contributed by atoms with Crippen LogP contribution in [0.2, 0.25) is 0 Å². The van der Waals surface area contributed by atoms with Gasteiger partial charge < -0.3 is 19.4 Å². The molecule has 1 N–H and O–H groups in total. The van der Waals surface area contributed by atoms with Crippen LogP contribution in [0.1, 0.15) is 0 Å². The van der Waals surface area contributed by atoms with Crippen molar-refractivity contribution in [1.29, 1.82) is 0 Å². The summed E-state index contributed by atoms with van der Waals surface area (Å²) in [6.45, 7) is 0.896. The number of carbonyl (C=O) groups is 1. The van der Waals surface area contributed by atoms with Crippen LogP contribution in [0.25, 0.3) is 11.3 Å². The molecule has 4 rings (SSSR count). The number of nitrogens with one attached hydrogen (secondary N) is 1. The van der Waals surface area contributed by atoms with Crippen molar-refractivity contribution >= 4 is 23.4 Å². The molecule has 6 nitrogen and oxygen atoms in total. The Morgan fingerprint density at radius 3 is 2.74 bits per heavy atom. The third kappa shape index (κ3) is 3.93. The van der Waals surface area contributed by atoms with Crippen LogP contribution in [0.3, 0.4) is 0 Å². The molecule has 0 unspecified atom stereocenters. The van der Waals surface area contributed by atoms with Gasteiger partial charge in [0.05, 0.1) is 18.5 Å². The molecule has 0 radical (unpaired) electrons. The summed E-state index contributed by atoms with van der Waals surface area (Å²) in [5.74, 6) is 2.19. The summed E-state index contributed by atoms with van der Waals surface area (Å²) in [5.41, 5.74) is 2.49. The van der Waals surface area contributed by atoms with E-state index in [-0.39, 0.29) is 12.5 Å². The van der Waals surface area contributed by atoms with Gasteiger partial charge in [-0.25, -0.2) is 4.98 Å². The average Bonchev–Trinajstić information content (AvgIpc) is 3.29. The molecule has 0 aliphatic carbocycles.